The fourth-order valence-electron chi connectivity index (χ4n) is 3.20. The van der Waals surface area contributed by atoms with Crippen molar-refractivity contribution in [2.24, 2.45) is 0 Å². The van der Waals surface area contributed by atoms with Crippen LogP contribution in [0, 0.1) is 0 Å². The monoisotopic (exact) mass is 354 g/mol. The Kier molecular flexibility index (Phi) is 4.51. The van der Waals surface area contributed by atoms with Crippen LogP contribution in [0.3, 0.4) is 0 Å². The second-order valence-corrected chi connectivity index (χ2v) is 6.42. The molecule has 1 aliphatic rings. The van der Waals surface area contributed by atoms with Crippen LogP contribution in [0.2, 0.25) is 0 Å². The Hall–Kier alpha value is -2.96. The first-order chi connectivity index (χ1) is 12.7. The lowest BCUT2D eigenvalue weighted by Crippen LogP contribution is -2.32. The molecule has 1 saturated carbocycles. The smallest absolute Gasteiger partial charge is 0.233 e. The maximum atomic E-state index is 13.9. The fraction of sp³-hybridized carbons (Fsp3) is 0.316. The van der Waals surface area contributed by atoms with E-state index in [1.807, 2.05) is 12.1 Å². The highest BCUT2D eigenvalue weighted by Gasteiger charge is 2.26. The number of aromatic hydroxyl groups is 1. The number of aromatic amines is 1. The van der Waals surface area contributed by atoms with Gasteiger partial charge >= 0.3 is 0 Å². The molecule has 0 radical (unpaired) electrons. The fourth-order valence-corrected chi connectivity index (χ4v) is 3.20. The Morgan fingerprint density at radius 2 is 1.96 bits per heavy atom. The van der Waals surface area contributed by atoms with Gasteiger partial charge < -0.3 is 9.84 Å². The van der Waals surface area contributed by atoms with Crippen LogP contribution in [0.4, 0.5) is 4.39 Å². The van der Waals surface area contributed by atoms with E-state index in [1.54, 1.807) is 30.5 Å². The van der Waals surface area contributed by atoms with E-state index in [2.05, 4.69) is 20.4 Å². The van der Waals surface area contributed by atoms with Gasteiger partial charge in [0.25, 0.3) is 0 Å². The number of ether oxygens (including phenoxy) is 1. The molecule has 134 valence electrons. The van der Waals surface area contributed by atoms with Gasteiger partial charge in [0.15, 0.2) is 0 Å². The summed E-state index contributed by atoms with van der Waals surface area (Å²) in [7, 11) is 0. The number of phenols is 1. The Morgan fingerprint density at radius 3 is 2.65 bits per heavy atom. The summed E-state index contributed by atoms with van der Waals surface area (Å²) >= 11 is 0. The number of nitrogens with one attached hydrogen (secondary N) is 1. The van der Waals surface area contributed by atoms with Gasteiger partial charge in [0, 0.05) is 23.4 Å². The minimum absolute atomic E-state index is 0.0937. The Bertz CT molecular complexity index is 868. The lowest BCUT2D eigenvalue weighted by atomic mass is 9.96. The Balaban J connectivity index is 1.51. The number of benzene rings is 1. The molecule has 0 bridgehead atoms. The van der Waals surface area contributed by atoms with Crippen molar-refractivity contribution in [2.75, 3.05) is 0 Å². The summed E-state index contributed by atoms with van der Waals surface area (Å²) in [5, 5.41) is 25.2. The maximum Gasteiger partial charge on any atom is 0.233 e. The molecule has 2 atom stereocenters. The molecule has 7 heteroatoms. The number of hydrogen-bond donors (Lipinski definition) is 2. The lowest BCUT2D eigenvalue weighted by Gasteiger charge is -2.25. The van der Waals surface area contributed by atoms with E-state index in [9.17, 15) is 9.50 Å². The molecule has 0 unspecified atom stereocenters. The van der Waals surface area contributed by atoms with E-state index >= 15 is 0 Å². The first kappa shape index (κ1) is 16.5. The van der Waals surface area contributed by atoms with Crippen LogP contribution in [0.15, 0.2) is 42.6 Å². The highest BCUT2D eigenvalue weighted by Crippen LogP contribution is 2.32. The molecule has 1 fully saturated rings. The van der Waals surface area contributed by atoms with E-state index < -0.39 is 12.3 Å². The van der Waals surface area contributed by atoms with Crippen LogP contribution >= 0.6 is 0 Å². The van der Waals surface area contributed by atoms with E-state index in [4.69, 9.17) is 4.74 Å². The van der Waals surface area contributed by atoms with E-state index in [-0.39, 0.29) is 5.75 Å². The molecule has 0 saturated heterocycles. The van der Waals surface area contributed by atoms with Crippen LogP contribution in [-0.4, -0.2) is 37.8 Å². The second kappa shape index (κ2) is 7.11. The Morgan fingerprint density at radius 1 is 1.08 bits per heavy atom. The van der Waals surface area contributed by atoms with Gasteiger partial charge in [-0.1, -0.05) is 12.5 Å². The van der Waals surface area contributed by atoms with E-state index in [1.165, 1.54) is 0 Å². The van der Waals surface area contributed by atoms with Gasteiger partial charge in [-0.05, 0) is 43.5 Å². The zero-order valence-corrected chi connectivity index (χ0v) is 14.1. The molecule has 1 aliphatic carbocycles. The summed E-state index contributed by atoms with van der Waals surface area (Å²) in [6.07, 6.45) is 3.34. The number of rotatable bonds is 4. The Labute approximate surface area is 150 Å². The zero-order valence-electron chi connectivity index (χ0n) is 14.1. The van der Waals surface area contributed by atoms with Crippen molar-refractivity contribution in [3.63, 3.8) is 0 Å². The lowest BCUT2D eigenvalue weighted by molar-refractivity contribution is 0.0594. The number of nitrogens with zero attached hydrogens (tertiary/aromatic N) is 3. The number of halogens is 1. The standard InChI is InChI=1S/C19H19FN4O2/c20-14-3-1-2-4-18(14)26-19-8-7-16(23-24-19)13-6-5-12(11-17(13)25)15-9-10-21-22-15/h5-11,14,18,25H,1-4H2,(H,21,22)/t14-,18+/m1/s1. The topological polar surface area (TPSA) is 83.9 Å². The minimum Gasteiger partial charge on any atom is -0.507 e. The first-order valence-electron chi connectivity index (χ1n) is 8.68. The molecule has 2 heterocycles. The SMILES string of the molecule is Oc1cc(-c2ccn[nH]2)ccc1-c1ccc(O[C@H]2CCCC[C@H]2F)nn1. The average molecular weight is 354 g/mol. The van der Waals surface area contributed by atoms with Crippen molar-refractivity contribution in [1.82, 2.24) is 20.4 Å². The molecular formula is C19H19FN4O2. The molecule has 4 rings (SSSR count). The van der Waals surface area contributed by atoms with Gasteiger partial charge in [-0.25, -0.2) is 4.39 Å². The quantitative estimate of drug-likeness (QED) is 0.742. The number of H-pyrrole nitrogens is 1. The summed E-state index contributed by atoms with van der Waals surface area (Å²) in [5.41, 5.74) is 2.72. The molecule has 2 aromatic heterocycles. The predicted molar refractivity (Wildman–Crippen MR) is 94.5 cm³/mol. The molecule has 1 aromatic carbocycles. The maximum absolute atomic E-state index is 13.9. The largest absolute Gasteiger partial charge is 0.507 e. The summed E-state index contributed by atoms with van der Waals surface area (Å²) < 4.78 is 19.5. The first-order valence-corrected chi connectivity index (χ1v) is 8.68. The van der Waals surface area contributed by atoms with Gasteiger partial charge in [0.05, 0.1) is 11.4 Å². The van der Waals surface area contributed by atoms with Gasteiger partial charge in [-0.15, -0.1) is 10.2 Å². The van der Waals surface area contributed by atoms with Crippen LogP contribution in [0.1, 0.15) is 25.7 Å². The average Bonchev–Trinajstić information content (AvgIpc) is 3.19. The summed E-state index contributed by atoms with van der Waals surface area (Å²) in [6, 6.07) is 10.5. The van der Waals surface area contributed by atoms with Crippen LogP contribution < -0.4 is 4.74 Å². The van der Waals surface area contributed by atoms with Crippen LogP contribution in [0.25, 0.3) is 22.5 Å². The normalized spacial score (nSPS) is 20.0. The molecule has 0 spiro atoms. The van der Waals surface area contributed by atoms with Gasteiger partial charge in [-0.2, -0.15) is 5.10 Å². The second-order valence-electron chi connectivity index (χ2n) is 6.42. The van der Waals surface area contributed by atoms with Gasteiger partial charge in [-0.3, -0.25) is 5.10 Å². The van der Waals surface area contributed by atoms with E-state index in [0.29, 0.717) is 30.0 Å². The van der Waals surface area contributed by atoms with Crippen molar-refractivity contribution < 1.29 is 14.2 Å². The molecule has 0 aliphatic heterocycles. The highest BCUT2D eigenvalue weighted by molar-refractivity contribution is 5.72. The van der Waals surface area contributed by atoms with Crippen LogP contribution in [0.5, 0.6) is 11.6 Å². The predicted octanol–water partition coefficient (Wildman–Crippen LogP) is 3.90. The number of aromatic nitrogens is 4. The molecule has 3 aromatic rings. The zero-order chi connectivity index (χ0) is 17.9. The third-order valence-corrected chi connectivity index (χ3v) is 4.62. The van der Waals surface area contributed by atoms with Crippen LogP contribution in [-0.2, 0) is 0 Å². The number of phenolic OH excluding ortho intramolecular Hbond substituents is 1. The molecule has 26 heavy (non-hydrogen) atoms. The van der Waals surface area contributed by atoms with Crippen molar-refractivity contribution in [3.05, 3.63) is 42.6 Å². The van der Waals surface area contributed by atoms with Crippen molar-refractivity contribution in [1.29, 1.82) is 0 Å². The summed E-state index contributed by atoms with van der Waals surface area (Å²) in [4.78, 5) is 0. The number of hydrogen-bond acceptors (Lipinski definition) is 5. The number of alkyl halides is 1. The third kappa shape index (κ3) is 3.37. The minimum atomic E-state index is -0.954. The molecule has 6 nitrogen and oxygen atoms in total. The van der Waals surface area contributed by atoms with Gasteiger partial charge in [0.1, 0.15) is 18.0 Å². The molecule has 2 N–H and O–H groups in total. The highest BCUT2D eigenvalue weighted by atomic mass is 19.1. The van der Waals surface area contributed by atoms with Crippen molar-refractivity contribution in [2.45, 2.75) is 38.0 Å². The molecular weight excluding hydrogens is 335 g/mol. The van der Waals surface area contributed by atoms with Crippen molar-refractivity contribution in [3.8, 4) is 34.1 Å². The molecule has 0 amide bonds. The summed E-state index contributed by atoms with van der Waals surface area (Å²) in [6.45, 7) is 0. The van der Waals surface area contributed by atoms with Gasteiger partial charge in [0.2, 0.25) is 5.88 Å². The van der Waals surface area contributed by atoms with Crippen molar-refractivity contribution >= 4 is 0 Å². The summed E-state index contributed by atoms with van der Waals surface area (Å²) in [5.74, 6) is 0.396. The van der Waals surface area contributed by atoms with E-state index in [0.717, 1.165) is 24.1 Å². The third-order valence-electron chi connectivity index (χ3n) is 4.62.